The standard InChI is InChI=1S/C19H28F3N3O2/c1-15-6-3-4-7-17(15)16(2)23-18(26)25-11-9-24(10-12-25)8-5-13-27-14-19(20,21)22/h3-4,6-7,16H,5,8-14H2,1-2H3,(H,23,26). The number of amides is 2. The zero-order chi connectivity index (χ0) is 19.9. The number of hydrogen-bond acceptors (Lipinski definition) is 3. The smallest absolute Gasteiger partial charge is 0.372 e. The fourth-order valence-electron chi connectivity index (χ4n) is 3.18. The van der Waals surface area contributed by atoms with Crippen molar-refractivity contribution in [2.24, 2.45) is 0 Å². The van der Waals surface area contributed by atoms with Crippen molar-refractivity contribution in [3.63, 3.8) is 0 Å². The van der Waals surface area contributed by atoms with Gasteiger partial charge in [0.1, 0.15) is 6.61 Å². The number of hydrogen-bond donors (Lipinski definition) is 1. The van der Waals surface area contributed by atoms with Gasteiger partial charge in [-0.25, -0.2) is 4.79 Å². The topological polar surface area (TPSA) is 44.8 Å². The number of piperazine rings is 1. The SMILES string of the molecule is Cc1ccccc1C(C)NC(=O)N1CCN(CCCOCC(F)(F)F)CC1. The Hall–Kier alpha value is -1.80. The number of benzene rings is 1. The van der Waals surface area contributed by atoms with Gasteiger partial charge in [-0.15, -0.1) is 0 Å². The Labute approximate surface area is 158 Å². The Morgan fingerprint density at radius 2 is 1.89 bits per heavy atom. The van der Waals surface area contributed by atoms with Gasteiger partial charge in [0, 0.05) is 39.3 Å². The Balaban J connectivity index is 1.66. The molecule has 1 heterocycles. The van der Waals surface area contributed by atoms with Crippen LogP contribution in [0.4, 0.5) is 18.0 Å². The monoisotopic (exact) mass is 387 g/mol. The van der Waals surface area contributed by atoms with Crippen LogP contribution in [-0.4, -0.2) is 67.9 Å². The lowest BCUT2D eigenvalue weighted by molar-refractivity contribution is -0.174. The van der Waals surface area contributed by atoms with Crippen molar-refractivity contribution >= 4 is 6.03 Å². The molecule has 0 aliphatic carbocycles. The Kier molecular flexibility index (Phi) is 7.91. The van der Waals surface area contributed by atoms with Crippen LogP contribution in [0.15, 0.2) is 24.3 Å². The number of ether oxygens (including phenoxy) is 1. The molecular weight excluding hydrogens is 359 g/mol. The van der Waals surface area contributed by atoms with E-state index in [1.54, 1.807) is 4.90 Å². The van der Waals surface area contributed by atoms with Gasteiger partial charge in [0.25, 0.3) is 0 Å². The quantitative estimate of drug-likeness (QED) is 0.730. The van der Waals surface area contributed by atoms with Crippen molar-refractivity contribution < 1.29 is 22.7 Å². The molecule has 1 atom stereocenters. The highest BCUT2D eigenvalue weighted by Gasteiger charge is 2.27. The van der Waals surface area contributed by atoms with E-state index in [9.17, 15) is 18.0 Å². The number of carbonyl (C=O) groups excluding carboxylic acids is 1. The molecule has 0 aromatic heterocycles. The van der Waals surface area contributed by atoms with Crippen LogP contribution in [0.3, 0.4) is 0 Å². The number of aryl methyl sites for hydroxylation is 1. The third-order valence-electron chi connectivity index (χ3n) is 4.68. The highest BCUT2D eigenvalue weighted by Crippen LogP contribution is 2.17. The fourth-order valence-corrected chi connectivity index (χ4v) is 3.18. The van der Waals surface area contributed by atoms with Crippen molar-refractivity contribution in [2.45, 2.75) is 32.5 Å². The summed E-state index contributed by atoms with van der Waals surface area (Å²) >= 11 is 0. The second kappa shape index (κ2) is 9.94. The van der Waals surface area contributed by atoms with E-state index in [0.29, 0.717) is 39.1 Å². The predicted molar refractivity (Wildman–Crippen MR) is 97.6 cm³/mol. The lowest BCUT2D eigenvalue weighted by Crippen LogP contribution is -2.52. The number of carbonyl (C=O) groups is 1. The highest BCUT2D eigenvalue weighted by molar-refractivity contribution is 5.74. The number of halogens is 3. The molecule has 1 aromatic rings. The normalized spacial score (nSPS) is 17.0. The molecule has 1 unspecified atom stereocenters. The van der Waals surface area contributed by atoms with Crippen molar-refractivity contribution in [1.82, 2.24) is 15.1 Å². The maximum atomic E-state index is 12.5. The largest absolute Gasteiger partial charge is 0.411 e. The Morgan fingerprint density at radius 3 is 2.52 bits per heavy atom. The van der Waals surface area contributed by atoms with Gasteiger partial charge in [-0.3, -0.25) is 4.90 Å². The van der Waals surface area contributed by atoms with Crippen molar-refractivity contribution in [3.8, 4) is 0 Å². The molecule has 1 fully saturated rings. The summed E-state index contributed by atoms with van der Waals surface area (Å²) in [5.41, 5.74) is 2.24. The summed E-state index contributed by atoms with van der Waals surface area (Å²) in [5, 5.41) is 3.04. The van der Waals surface area contributed by atoms with Gasteiger partial charge in [-0.05, 0) is 31.4 Å². The fraction of sp³-hybridized carbons (Fsp3) is 0.632. The molecule has 0 saturated carbocycles. The minimum atomic E-state index is -4.27. The average Bonchev–Trinajstić information content (AvgIpc) is 2.61. The number of alkyl halides is 3. The average molecular weight is 387 g/mol. The first-order valence-corrected chi connectivity index (χ1v) is 9.24. The molecule has 152 valence electrons. The molecule has 0 radical (unpaired) electrons. The molecule has 1 aliphatic rings. The maximum Gasteiger partial charge on any atom is 0.411 e. The van der Waals surface area contributed by atoms with E-state index in [1.165, 1.54) is 0 Å². The lowest BCUT2D eigenvalue weighted by Gasteiger charge is -2.35. The van der Waals surface area contributed by atoms with Crippen LogP contribution in [0, 0.1) is 6.92 Å². The molecule has 8 heteroatoms. The van der Waals surface area contributed by atoms with E-state index in [1.807, 2.05) is 38.1 Å². The van der Waals surface area contributed by atoms with Crippen LogP contribution in [0.2, 0.25) is 0 Å². The molecule has 1 aromatic carbocycles. The molecule has 1 aliphatic heterocycles. The zero-order valence-corrected chi connectivity index (χ0v) is 15.9. The van der Waals surface area contributed by atoms with E-state index in [0.717, 1.165) is 11.1 Å². The molecule has 2 amide bonds. The first-order chi connectivity index (χ1) is 12.8. The number of nitrogens with zero attached hydrogens (tertiary/aromatic N) is 2. The lowest BCUT2D eigenvalue weighted by atomic mass is 10.0. The van der Waals surface area contributed by atoms with Gasteiger partial charge >= 0.3 is 12.2 Å². The number of urea groups is 1. The molecule has 2 rings (SSSR count). The molecule has 27 heavy (non-hydrogen) atoms. The second-order valence-corrected chi connectivity index (χ2v) is 6.88. The third kappa shape index (κ3) is 7.38. The van der Waals surface area contributed by atoms with E-state index in [2.05, 4.69) is 15.0 Å². The van der Waals surface area contributed by atoms with Crippen molar-refractivity contribution in [2.75, 3.05) is 45.9 Å². The van der Waals surface area contributed by atoms with E-state index >= 15 is 0 Å². The second-order valence-electron chi connectivity index (χ2n) is 6.88. The van der Waals surface area contributed by atoms with E-state index in [-0.39, 0.29) is 18.7 Å². The highest BCUT2D eigenvalue weighted by atomic mass is 19.4. The number of nitrogens with one attached hydrogen (secondary N) is 1. The van der Waals surface area contributed by atoms with Gasteiger partial charge < -0.3 is 15.0 Å². The van der Waals surface area contributed by atoms with E-state index in [4.69, 9.17) is 0 Å². The summed E-state index contributed by atoms with van der Waals surface area (Å²) in [7, 11) is 0. The van der Waals surface area contributed by atoms with Crippen LogP contribution in [-0.2, 0) is 4.74 Å². The predicted octanol–water partition coefficient (Wildman–Crippen LogP) is 3.35. The summed E-state index contributed by atoms with van der Waals surface area (Å²) in [6, 6.07) is 7.82. The molecule has 0 spiro atoms. The van der Waals surface area contributed by atoms with Crippen LogP contribution in [0.5, 0.6) is 0 Å². The molecule has 1 saturated heterocycles. The summed E-state index contributed by atoms with van der Waals surface area (Å²) in [5.74, 6) is 0. The Bertz CT molecular complexity index is 602. The van der Waals surface area contributed by atoms with Gasteiger partial charge in [0.2, 0.25) is 0 Å². The minimum absolute atomic E-state index is 0.0671. The van der Waals surface area contributed by atoms with Crippen molar-refractivity contribution in [3.05, 3.63) is 35.4 Å². The first kappa shape index (κ1) is 21.5. The molecule has 0 bridgehead atoms. The Morgan fingerprint density at radius 1 is 1.22 bits per heavy atom. The number of rotatable bonds is 7. The van der Waals surface area contributed by atoms with Crippen LogP contribution >= 0.6 is 0 Å². The molecule has 1 N–H and O–H groups in total. The van der Waals surface area contributed by atoms with Crippen LogP contribution in [0.1, 0.15) is 30.5 Å². The summed E-state index contributed by atoms with van der Waals surface area (Å²) in [6.07, 6.45) is -3.72. The first-order valence-electron chi connectivity index (χ1n) is 9.24. The van der Waals surface area contributed by atoms with Crippen LogP contribution in [0.25, 0.3) is 0 Å². The van der Waals surface area contributed by atoms with Crippen LogP contribution < -0.4 is 5.32 Å². The molecule has 5 nitrogen and oxygen atoms in total. The van der Waals surface area contributed by atoms with Gasteiger partial charge in [0.15, 0.2) is 0 Å². The summed E-state index contributed by atoms with van der Waals surface area (Å²) in [6.45, 7) is 6.20. The summed E-state index contributed by atoms with van der Waals surface area (Å²) in [4.78, 5) is 16.4. The third-order valence-corrected chi connectivity index (χ3v) is 4.68. The maximum absolute atomic E-state index is 12.5. The van der Waals surface area contributed by atoms with Gasteiger partial charge in [-0.1, -0.05) is 24.3 Å². The van der Waals surface area contributed by atoms with E-state index < -0.39 is 12.8 Å². The van der Waals surface area contributed by atoms with Gasteiger partial charge in [0.05, 0.1) is 6.04 Å². The van der Waals surface area contributed by atoms with Crippen molar-refractivity contribution in [1.29, 1.82) is 0 Å². The zero-order valence-electron chi connectivity index (χ0n) is 15.9. The minimum Gasteiger partial charge on any atom is -0.372 e. The summed E-state index contributed by atoms with van der Waals surface area (Å²) < 4.78 is 40.6. The van der Waals surface area contributed by atoms with Gasteiger partial charge in [-0.2, -0.15) is 13.2 Å². The molecular formula is C19H28F3N3O2.